The smallest absolute Gasteiger partial charge is 0.125 e. The van der Waals surface area contributed by atoms with Gasteiger partial charge in [0, 0.05) is 18.6 Å². The second kappa shape index (κ2) is 6.36. The van der Waals surface area contributed by atoms with E-state index in [2.05, 4.69) is 17.6 Å². The van der Waals surface area contributed by atoms with Crippen LogP contribution in [0.1, 0.15) is 13.3 Å². The lowest BCUT2D eigenvalue weighted by molar-refractivity contribution is 0.0731. The van der Waals surface area contributed by atoms with Crippen molar-refractivity contribution in [2.24, 2.45) is 0 Å². The van der Waals surface area contributed by atoms with Crippen molar-refractivity contribution >= 4 is 17.3 Å². The molecule has 100 valence electrons. The molecule has 0 saturated carbocycles. The van der Waals surface area contributed by atoms with Gasteiger partial charge < -0.3 is 15.4 Å². The minimum absolute atomic E-state index is 0.198. The predicted molar refractivity (Wildman–Crippen MR) is 71.7 cm³/mol. The molecule has 0 spiro atoms. The highest BCUT2D eigenvalue weighted by molar-refractivity contribution is 6.33. The van der Waals surface area contributed by atoms with Crippen LogP contribution in [0.25, 0.3) is 0 Å². The van der Waals surface area contributed by atoms with E-state index in [0.29, 0.717) is 16.8 Å². The monoisotopic (exact) mass is 272 g/mol. The van der Waals surface area contributed by atoms with E-state index in [1.807, 2.05) is 0 Å². The first kappa shape index (κ1) is 13.6. The van der Waals surface area contributed by atoms with Crippen molar-refractivity contribution in [3.8, 4) is 0 Å². The predicted octanol–water partition coefficient (Wildman–Crippen LogP) is 2.66. The molecule has 0 radical (unpaired) electrons. The largest absolute Gasteiger partial charge is 0.381 e. The normalized spacial score (nSPS) is 21.6. The topological polar surface area (TPSA) is 33.3 Å². The number of rotatable bonds is 4. The molecule has 5 heteroatoms. The Bertz CT molecular complexity index is 397. The van der Waals surface area contributed by atoms with Gasteiger partial charge in [-0.2, -0.15) is 0 Å². The Kier molecular flexibility index (Phi) is 4.80. The molecule has 1 fully saturated rings. The first-order chi connectivity index (χ1) is 8.65. The average Bonchev–Trinajstić information content (AvgIpc) is 2.35. The van der Waals surface area contributed by atoms with E-state index < -0.39 is 0 Å². The highest BCUT2D eigenvalue weighted by Crippen LogP contribution is 2.23. The number of hydrogen-bond acceptors (Lipinski definition) is 3. The fourth-order valence-electron chi connectivity index (χ4n) is 2.13. The minimum Gasteiger partial charge on any atom is -0.381 e. The molecule has 1 saturated heterocycles. The quantitative estimate of drug-likeness (QED) is 0.884. The van der Waals surface area contributed by atoms with Gasteiger partial charge >= 0.3 is 0 Å². The third-order valence-electron chi connectivity index (χ3n) is 2.97. The molecule has 2 N–H and O–H groups in total. The lowest BCUT2D eigenvalue weighted by atomic mass is 10.1. The number of morpholine rings is 1. The van der Waals surface area contributed by atoms with E-state index >= 15 is 0 Å². The number of ether oxygens (including phenoxy) is 1. The average molecular weight is 273 g/mol. The Labute approximate surface area is 112 Å². The molecule has 1 aliphatic rings. The molecule has 18 heavy (non-hydrogen) atoms. The zero-order valence-electron chi connectivity index (χ0n) is 10.4. The van der Waals surface area contributed by atoms with Crippen molar-refractivity contribution in [3.63, 3.8) is 0 Å². The van der Waals surface area contributed by atoms with Crippen LogP contribution in [0.5, 0.6) is 0 Å². The maximum atomic E-state index is 13.1. The summed E-state index contributed by atoms with van der Waals surface area (Å²) in [5, 5.41) is 7.16. The van der Waals surface area contributed by atoms with Crippen LogP contribution in [-0.4, -0.2) is 31.8 Å². The van der Waals surface area contributed by atoms with Crippen LogP contribution >= 0.6 is 11.6 Å². The van der Waals surface area contributed by atoms with E-state index in [4.69, 9.17) is 16.3 Å². The van der Waals surface area contributed by atoms with Gasteiger partial charge in [-0.05, 0) is 31.5 Å². The zero-order chi connectivity index (χ0) is 13.0. The summed E-state index contributed by atoms with van der Waals surface area (Å²) in [7, 11) is 0. The first-order valence-electron chi connectivity index (χ1n) is 6.18. The number of anilines is 1. The van der Waals surface area contributed by atoms with E-state index in [-0.39, 0.29) is 11.9 Å². The molecular weight excluding hydrogens is 255 g/mol. The van der Waals surface area contributed by atoms with Crippen LogP contribution < -0.4 is 10.6 Å². The van der Waals surface area contributed by atoms with Gasteiger partial charge in [0.2, 0.25) is 0 Å². The summed E-state index contributed by atoms with van der Waals surface area (Å²) in [5.41, 5.74) is 0.640. The Balaban J connectivity index is 1.89. The summed E-state index contributed by atoms with van der Waals surface area (Å²) >= 11 is 6.01. The molecule has 0 aliphatic carbocycles. The van der Waals surface area contributed by atoms with E-state index in [9.17, 15) is 4.39 Å². The van der Waals surface area contributed by atoms with E-state index in [1.54, 1.807) is 6.07 Å². The fourth-order valence-corrected chi connectivity index (χ4v) is 2.30. The lowest BCUT2D eigenvalue weighted by Crippen LogP contribution is -2.43. The molecule has 2 rings (SSSR count). The van der Waals surface area contributed by atoms with Crippen molar-refractivity contribution in [1.82, 2.24) is 5.32 Å². The molecule has 0 amide bonds. The Morgan fingerprint density at radius 2 is 2.44 bits per heavy atom. The zero-order valence-corrected chi connectivity index (χ0v) is 11.1. The third kappa shape index (κ3) is 3.83. The number of hydrogen-bond donors (Lipinski definition) is 2. The van der Waals surface area contributed by atoms with Gasteiger partial charge in [-0.25, -0.2) is 4.39 Å². The highest BCUT2D eigenvalue weighted by atomic mass is 35.5. The molecule has 1 aromatic rings. The second-order valence-electron chi connectivity index (χ2n) is 4.63. The molecule has 0 bridgehead atoms. The van der Waals surface area contributed by atoms with Crippen LogP contribution in [-0.2, 0) is 4.74 Å². The number of benzene rings is 1. The standard InChI is InChI=1S/C13H18ClFN2O/c1-9(6-11-8-18-5-4-16-11)17-13-7-10(15)2-3-12(13)14/h2-3,7,9,11,16-17H,4-6,8H2,1H3. The van der Waals surface area contributed by atoms with Crippen LogP contribution in [0.2, 0.25) is 5.02 Å². The molecule has 1 aromatic carbocycles. The first-order valence-corrected chi connectivity index (χ1v) is 6.55. The summed E-state index contributed by atoms with van der Waals surface area (Å²) in [6, 6.07) is 4.88. The van der Waals surface area contributed by atoms with Crippen molar-refractivity contribution in [3.05, 3.63) is 29.0 Å². The summed E-state index contributed by atoms with van der Waals surface area (Å²) in [5.74, 6) is -0.284. The summed E-state index contributed by atoms with van der Waals surface area (Å²) < 4.78 is 18.5. The van der Waals surface area contributed by atoms with Gasteiger partial charge in [0.1, 0.15) is 5.82 Å². The van der Waals surface area contributed by atoms with Gasteiger partial charge in [-0.1, -0.05) is 11.6 Å². The highest BCUT2D eigenvalue weighted by Gasteiger charge is 2.16. The van der Waals surface area contributed by atoms with Crippen molar-refractivity contribution < 1.29 is 9.13 Å². The van der Waals surface area contributed by atoms with Crippen molar-refractivity contribution in [1.29, 1.82) is 0 Å². The molecule has 1 aliphatic heterocycles. The van der Waals surface area contributed by atoms with Gasteiger partial charge in [0.25, 0.3) is 0 Å². The maximum absolute atomic E-state index is 13.1. The molecular formula is C13H18ClFN2O. The molecule has 3 nitrogen and oxygen atoms in total. The molecule has 2 unspecified atom stereocenters. The van der Waals surface area contributed by atoms with Crippen LogP contribution in [0.3, 0.4) is 0 Å². The molecule has 0 aromatic heterocycles. The third-order valence-corrected chi connectivity index (χ3v) is 3.30. The van der Waals surface area contributed by atoms with Crippen LogP contribution in [0, 0.1) is 5.82 Å². The Hall–Kier alpha value is -0.840. The van der Waals surface area contributed by atoms with Crippen LogP contribution in [0.4, 0.5) is 10.1 Å². The number of halogens is 2. The SMILES string of the molecule is CC(CC1COCCN1)Nc1cc(F)ccc1Cl. The molecule has 2 atom stereocenters. The van der Waals surface area contributed by atoms with Gasteiger partial charge in [0.15, 0.2) is 0 Å². The van der Waals surface area contributed by atoms with Crippen molar-refractivity contribution in [2.75, 3.05) is 25.1 Å². The summed E-state index contributed by atoms with van der Waals surface area (Å²) in [6.45, 7) is 4.44. The Morgan fingerprint density at radius 3 is 3.17 bits per heavy atom. The second-order valence-corrected chi connectivity index (χ2v) is 5.04. The minimum atomic E-state index is -0.284. The van der Waals surface area contributed by atoms with Crippen molar-refractivity contribution in [2.45, 2.75) is 25.4 Å². The summed E-state index contributed by atoms with van der Waals surface area (Å²) in [6.07, 6.45) is 0.910. The maximum Gasteiger partial charge on any atom is 0.125 e. The summed E-state index contributed by atoms with van der Waals surface area (Å²) in [4.78, 5) is 0. The van der Waals surface area contributed by atoms with E-state index in [0.717, 1.165) is 26.2 Å². The van der Waals surface area contributed by atoms with Crippen LogP contribution in [0.15, 0.2) is 18.2 Å². The fraction of sp³-hybridized carbons (Fsp3) is 0.538. The van der Waals surface area contributed by atoms with Gasteiger partial charge in [0.05, 0.1) is 23.9 Å². The van der Waals surface area contributed by atoms with Gasteiger partial charge in [-0.3, -0.25) is 0 Å². The molecule has 1 heterocycles. The number of nitrogens with one attached hydrogen (secondary N) is 2. The Morgan fingerprint density at radius 1 is 1.61 bits per heavy atom. The lowest BCUT2D eigenvalue weighted by Gasteiger charge is -2.27. The van der Waals surface area contributed by atoms with Gasteiger partial charge in [-0.15, -0.1) is 0 Å². The van der Waals surface area contributed by atoms with E-state index in [1.165, 1.54) is 12.1 Å².